The van der Waals surface area contributed by atoms with Crippen molar-refractivity contribution in [1.29, 1.82) is 5.26 Å². The number of hydrogen-bond acceptors (Lipinski definition) is 5. The molecule has 0 aliphatic carbocycles. The quantitative estimate of drug-likeness (QED) is 0.871. The van der Waals surface area contributed by atoms with Gasteiger partial charge < -0.3 is 5.11 Å². The zero-order valence-corrected chi connectivity index (χ0v) is 12.2. The first-order chi connectivity index (χ1) is 9.94. The van der Waals surface area contributed by atoms with Gasteiger partial charge in [-0.2, -0.15) is 9.98 Å². The molecular formula is C13H10N2O4S2. The van der Waals surface area contributed by atoms with Crippen LogP contribution in [0.5, 0.6) is 0 Å². The van der Waals surface area contributed by atoms with Crippen LogP contribution in [0, 0.1) is 11.3 Å². The highest BCUT2D eigenvalue weighted by Gasteiger charge is 2.27. The first kappa shape index (κ1) is 15.2. The van der Waals surface area contributed by atoms with Gasteiger partial charge >= 0.3 is 5.97 Å². The highest BCUT2D eigenvalue weighted by Crippen LogP contribution is 2.23. The molecule has 6 nitrogen and oxygen atoms in total. The van der Waals surface area contributed by atoms with E-state index in [-0.39, 0.29) is 9.09 Å². The second kappa shape index (κ2) is 6.05. The number of carboxylic acid groups (broad SMARTS) is 1. The summed E-state index contributed by atoms with van der Waals surface area (Å²) in [6.07, 6.45) is 0. The number of carbonyl (C=O) groups is 1. The Hall–Kier alpha value is -2.21. The Labute approximate surface area is 125 Å². The van der Waals surface area contributed by atoms with E-state index in [0.29, 0.717) is 5.56 Å². The average Bonchev–Trinajstić information content (AvgIpc) is 2.95. The maximum Gasteiger partial charge on any atom is 0.326 e. The maximum absolute atomic E-state index is 12.2. The van der Waals surface area contributed by atoms with Crippen molar-refractivity contribution in [3.63, 3.8) is 0 Å². The number of benzene rings is 1. The first-order valence-electron chi connectivity index (χ1n) is 5.74. The van der Waals surface area contributed by atoms with Gasteiger partial charge in [-0.05, 0) is 17.7 Å². The molecule has 0 saturated heterocycles. The molecule has 2 aromatic rings. The lowest BCUT2D eigenvalue weighted by molar-refractivity contribution is -0.139. The molecule has 1 aromatic carbocycles. The zero-order chi connectivity index (χ0) is 15.5. The molecule has 108 valence electrons. The van der Waals surface area contributed by atoms with Crippen molar-refractivity contribution in [3.05, 3.63) is 52.9 Å². The van der Waals surface area contributed by atoms with Crippen LogP contribution in [0.3, 0.4) is 0 Å². The Morgan fingerprint density at radius 2 is 1.90 bits per heavy atom. The molecule has 0 spiro atoms. The van der Waals surface area contributed by atoms with E-state index in [1.54, 1.807) is 18.2 Å². The molecule has 0 fully saturated rings. The van der Waals surface area contributed by atoms with Gasteiger partial charge in [0, 0.05) is 0 Å². The van der Waals surface area contributed by atoms with Crippen molar-refractivity contribution in [1.82, 2.24) is 4.72 Å². The summed E-state index contributed by atoms with van der Waals surface area (Å²) in [5.74, 6) is -1.30. The van der Waals surface area contributed by atoms with Crippen molar-refractivity contribution < 1.29 is 18.3 Å². The third-order valence-electron chi connectivity index (χ3n) is 2.61. The molecular weight excluding hydrogens is 312 g/mol. The Morgan fingerprint density at radius 1 is 1.24 bits per heavy atom. The van der Waals surface area contributed by atoms with Crippen molar-refractivity contribution in [2.75, 3.05) is 0 Å². The van der Waals surface area contributed by atoms with Crippen LogP contribution in [0.1, 0.15) is 16.5 Å². The predicted octanol–water partition coefficient (Wildman–Crippen LogP) is 1.72. The minimum absolute atomic E-state index is 0.0961. The van der Waals surface area contributed by atoms with Crippen molar-refractivity contribution in [2.24, 2.45) is 0 Å². The number of rotatable bonds is 5. The van der Waals surface area contributed by atoms with Crippen LogP contribution in [-0.4, -0.2) is 19.5 Å². The van der Waals surface area contributed by atoms with Crippen LogP contribution in [-0.2, 0) is 14.8 Å². The molecule has 1 heterocycles. The summed E-state index contributed by atoms with van der Waals surface area (Å²) < 4.78 is 26.4. The largest absolute Gasteiger partial charge is 0.480 e. The van der Waals surface area contributed by atoms with Gasteiger partial charge in [-0.25, -0.2) is 8.42 Å². The average molecular weight is 322 g/mol. The molecule has 8 heteroatoms. The molecule has 0 aliphatic rings. The number of nitrogens with one attached hydrogen (secondary N) is 1. The molecule has 0 aliphatic heterocycles. The van der Waals surface area contributed by atoms with Crippen LogP contribution in [0.4, 0.5) is 0 Å². The van der Waals surface area contributed by atoms with Crippen LogP contribution >= 0.6 is 11.3 Å². The lowest BCUT2D eigenvalue weighted by atomic mass is 10.1. The van der Waals surface area contributed by atoms with Crippen LogP contribution < -0.4 is 4.72 Å². The number of nitriles is 1. The minimum atomic E-state index is -4.01. The molecule has 0 saturated carbocycles. The summed E-state index contributed by atoms with van der Waals surface area (Å²) in [6.45, 7) is 0. The monoisotopic (exact) mass is 322 g/mol. The fourth-order valence-electron chi connectivity index (χ4n) is 1.64. The van der Waals surface area contributed by atoms with Gasteiger partial charge in [0.25, 0.3) is 10.0 Å². The molecule has 0 bridgehead atoms. The van der Waals surface area contributed by atoms with E-state index in [1.807, 2.05) is 6.07 Å². The summed E-state index contributed by atoms with van der Waals surface area (Å²) in [5, 5.41) is 17.9. The van der Waals surface area contributed by atoms with Gasteiger partial charge in [0.1, 0.15) is 21.2 Å². The van der Waals surface area contributed by atoms with E-state index in [1.165, 1.54) is 24.3 Å². The molecule has 1 atom stereocenters. The standard InChI is InChI=1S/C13H10N2O4S2/c14-8-10-6-7-11(20-10)21(18,19)15-12(13(16)17)9-4-2-1-3-5-9/h1-7,12,15H,(H,16,17)/t12-/m0/s1. The smallest absolute Gasteiger partial charge is 0.326 e. The summed E-state index contributed by atoms with van der Waals surface area (Å²) in [5.41, 5.74) is 0.325. The summed E-state index contributed by atoms with van der Waals surface area (Å²) in [6, 6.07) is 11.1. The van der Waals surface area contributed by atoms with Crippen LogP contribution in [0.2, 0.25) is 0 Å². The fourth-order valence-corrected chi connectivity index (χ4v) is 3.94. The van der Waals surface area contributed by atoms with E-state index in [9.17, 15) is 18.3 Å². The van der Waals surface area contributed by atoms with Crippen LogP contribution in [0.25, 0.3) is 0 Å². The lowest BCUT2D eigenvalue weighted by Gasteiger charge is -2.14. The van der Waals surface area contributed by atoms with E-state index in [2.05, 4.69) is 4.72 Å². The molecule has 0 radical (unpaired) electrons. The molecule has 0 unspecified atom stereocenters. The zero-order valence-electron chi connectivity index (χ0n) is 10.6. The van der Waals surface area contributed by atoms with Crippen molar-refractivity contribution in [3.8, 4) is 6.07 Å². The molecule has 2 N–H and O–H groups in total. The highest BCUT2D eigenvalue weighted by atomic mass is 32.2. The van der Waals surface area contributed by atoms with Gasteiger partial charge in [-0.15, -0.1) is 11.3 Å². The summed E-state index contributed by atoms with van der Waals surface area (Å²) in [4.78, 5) is 11.5. The Balaban J connectivity index is 2.33. The number of nitrogens with zero attached hydrogens (tertiary/aromatic N) is 1. The van der Waals surface area contributed by atoms with Gasteiger partial charge in [0.15, 0.2) is 0 Å². The van der Waals surface area contributed by atoms with Gasteiger partial charge in [0.2, 0.25) is 0 Å². The summed E-state index contributed by atoms with van der Waals surface area (Å²) in [7, 11) is -4.01. The minimum Gasteiger partial charge on any atom is -0.480 e. The Bertz CT molecular complexity index is 791. The Kier molecular flexibility index (Phi) is 4.37. The lowest BCUT2D eigenvalue weighted by Crippen LogP contribution is -2.33. The summed E-state index contributed by atoms with van der Waals surface area (Å²) >= 11 is 0.784. The predicted molar refractivity (Wildman–Crippen MR) is 76.2 cm³/mol. The van der Waals surface area contributed by atoms with E-state index < -0.39 is 22.0 Å². The fraction of sp³-hybridized carbons (Fsp3) is 0.0769. The number of thiophene rings is 1. The molecule has 0 amide bonds. The molecule has 21 heavy (non-hydrogen) atoms. The van der Waals surface area contributed by atoms with Crippen molar-refractivity contribution >= 4 is 27.3 Å². The number of carboxylic acids is 1. The van der Waals surface area contributed by atoms with Crippen molar-refractivity contribution in [2.45, 2.75) is 10.3 Å². The van der Waals surface area contributed by atoms with E-state index >= 15 is 0 Å². The Morgan fingerprint density at radius 3 is 2.43 bits per heavy atom. The van der Waals surface area contributed by atoms with E-state index in [4.69, 9.17) is 5.26 Å². The molecule has 2 rings (SSSR count). The maximum atomic E-state index is 12.2. The SMILES string of the molecule is N#Cc1ccc(S(=O)(=O)N[C@H](C(=O)O)c2ccccc2)s1. The molecule has 1 aromatic heterocycles. The topological polar surface area (TPSA) is 107 Å². The third-order valence-corrected chi connectivity index (χ3v) is 5.51. The van der Waals surface area contributed by atoms with Gasteiger partial charge in [0.05, 0.1) is 0 Å². The normalized spacial score (nSPS) is 12.5. The van der Waals surface area contributed by atoms with Gasteiger partial charge in [-0.3, -0.25) is 4.79 Å². The van der Waals surface area contributed by atoms with Gasteiger partial charge in [-0.1, -0.05) is 30.3 Å². The van der Waals surface area contributed by atoms with E-state index in [0.717, 1.165) is 11.3 Å². The second-order valence-electron chi connectivity index (χ2n) is 4.03. The first-order valence-corrected chi connectivity index (χ1v) is 8.04. The number of sulfonamides is 1. The highest BCUT2D eigenvalue weighted by molar-refractivity contribution is 7.91. The van der Waals surface area contributed by atoms with Crippen LogP contribution in [0.15, 0.2) is 46.7 Å². The third kappa shape index (κ3) is 3.46. The number of hydrogen-bond donors (Lipinski definition) is 2. The second-order valence-corrected chi connectivity index (χ2v) is 7.06. The number of aliphatic carboxylic acids is 1.